The molecule has 1 aliphatic heterocycles. The van der Waals surface area contributed by atoms with Crippen LogP contribution < -0.4 is 9.47 Å². The van der Waals surface area contributed by atoms with E-state index in [0.717, 1.165) is 36.5 Å². The first-order valence-corrected chi connectivity index (χ1v) is 15.1. The molecule has 2 aromatic carbocycles. The van der Waals surface area contributed by atoms with Gasteiger partial charge in [-0.2, -0.15) is 0 Å². The van der Waals surface area contributed by atoms with Gasteiger partial charge in [0.2, 0.25) is 0 Å². The number of unbranched alkanes of at least 4 members (excludes halogenated alkanes) is 8. The van der Waals surface area contributed by atoms with Crippen LogP contribution in [-0.4, -0.2) is 43.1 Å². The highest BCUT2D eigenvalue weighted by Crippen LogP contribution is 2.34. The van der Waals surface area contributed by atoms with Crippen molar-refractivity contribution in [3.05, 3.63) is 59.7 Å². The van der Waals surface area contributed by atoms with E-state index in [0.29, 0.717) is 25.0 Å². The molecule has 0 aromatic heterocycles. The van der Waals surface area contributed by atoms with Gasteiger partial charge in [0.15, 0.2) is 0 Å². The molecule has 216 valence electrons. The fourth-order valence-corrected chi connectivity index (χ4v) is 4.87. The van der Waals surface area contributed by atoms with Gasteiger partial charge in [-0.1, -0.05) is 77.3 Å². The summed E-state index contributed by atoms with van der Waals surface area (Å²) in [6.07, 6.45) is 12.1. The first-order valence-electron chi connectivity index (χ1n) is 15.1. The zero-order valence-corrected chi connectivity index (χ0v) is 23.9. The Kier molecular flexibility index (Phi) is 14.2. The molecule has 0 unspecified atom stereocenters. The van der Waals surface area contributed by atoms with Crippen molar-refractivity contribution < 1.29 is 28.8 Å². The Morgan fingerprint density at radius 3 is 1.90 bits per heavy atom. The zero-order chi connectivity index (χ0) is 27.7. The summed E-state index contributed by atoms with van der Waals surface area (Å²) in [5.74, 6) is 1.20. The molecule has 3 rings (SSSR count). The van der Waals surface area contributed by atoms with Crippen LogP contribution in [0.25, 0.3) is 0 Å². The van der Waals surface area contributed by atoms with Gasteiger partial charge >= 0.3 is 5.97 Å². The summed E-state index contributed by atoms with van der Waals surface area (Å²) in [5, 5.41) is 9.96. The minimum atomic E-state index is -0.567. The molecule has 1 N–H and O–H groups in total. The van der Waals surface area contributed by atoms with E-state index < -0.39 is 18.2 Å². The number of carbonyl (C=O) groups is 1. The number of hydrogen-bond donors (Lipinski definition) is 1. The van der Waals surface area contributed by atoms with Crippen LogP contribution in [0.4, 0.5) is 0 Å². The van der Waals surface area contributed by atoms with E-state index >= 15 is 0 Å². The van der Waals surface area contributed by atoms with Gasteiger partial charge < -0.3 is 24.1 Å². The molecule has 0 spiro atoms. The van der Waals surface area contributed by atoms with E-state index in [-0.39, 0.29) is 12.7 Å². The lowest BCUT2D eigenvalue weighted by atomic mass is 9.96. The molecular weight excluding hydrogens is 492 g/mol. The molecule has 6 nitrogen and oxygen atoms in total. The lowest BCUT2D eigenvalue weighted by Crippen LogP contribution is -2.41. The molecule has 6 heteroatoms. The molecule has 0 amide bonds. The second kappa shape index (κ2) is 17.9. The monoisotopic (exact) mass is 540 g/mol. The van der Waals surface area contributed by atoms with Crippen molar-refractivity contribution in [1.29, 1.82) is 0 Å². The number of carbonyl (C=O) groups excluding carboxylic acids is 1. The number of ether oxygens (including phenoxy) is 4. The minimum Gasteiger partial charge on any atom is -0.494 e. The van der Waals surface area contributed by atoms with Crippen LogP contribution in [0.5, 0.6) is 11.5 Å². The molecule has 39 heavy (non-hydrogen) atoms. The zero-order valence-electron chi connectivity index (χ0n) is 23.9. The van der Waals surface area contributed by atoms with E-state index in [1.165, 1.54) is 51.4 Å². The summed E-state index contributed by atoms with van der Waals surface area (Å²) >= 11 is 0. The molecule has 0 saturated carbocycles. The fourth-order valence-electron chi connectivity index (χ4n) is 4.87. The van der Waals surface area contributed by atoms with Gasteiger partial charge in [-0.05, 0) is 67.6 Å². The third-order valence-electron chi connectivity index (χ3n) is 7.28. The van der Waals surface area contributed by atoms with Crippen molar-refractivity contribution in [1.82, 2.24) is 0 Å². The van der Waals surface area contributed by atoms with Crippen molar-refractivity contribution in [2.45, 2.75) is 109 Å². The first-order chi connectivity index (χ1) is 19.1. The van der Waals surface area contributed by atoms with Crippen LogP contribution in [0.2, 0.25) is 0 Å². The summed E-state index contributed by atoms with van der Waals surface area (Å²) in [4.78, 5) is 12.8. The van der Waals surface area contributed by atoms with E-state index in [9.17, 15) is 9.90 Å². The maximum absolute atomic E-state index is 12.8. The Hall–Kier alpha value is -2.57. The predicted molar refractivity (Wildman–Crippen MR) is 155 cm³/mol. The molecule has 1 aliphatic rings. The summed E-state index contributed by atoms with van der Waals surface area (Å²) < 4.78 is 23.6. The summed E-state index contributed by atoms with van der Waals surface area (Å²) in [6.45, 7) is 5.63. The van der Waals surface area contributed by atoms with Crippen LogP contribution in [-0.2, 0) is 9.47 Å². The third-order valence-corrected chi connectivity index (χ3v) is 7.28. The normalized spacial score (nSPS) is 19.0. The Balaban J connectivity index is 1.41. The van der Waals surface area contributed by atoms with Crippen LogP contribution in [0.1, 0.15) is 113 Å². The number of esters is 1. The topological polar surface area (TPSA) is 74.2 Å². The van der Waals surface area contributed by atoms with E-state index in [2.05, 4.69) is 13.8 Å². The third kappa shape index (κ3) is 10.8. The van der Waals surface area contributed by atoms with Gasteiger partial charge in [-0.25, -0.2) is 4.79 Å². The predicted octanol–water partition coefficient (Wildman–Crippen LogP) is 7.82. The molecule has 1 fully saturated rings. The van der Waals surface area contributed by atoms with Crippen molar-refractivity contribution in [2.24, 2.45) is 0 Å². The lowest BCUT2D eigenvalue weighted by molar-refractivity contribution is -0.138. The van der Waals surface area contributed by atoms with Gasteiger partial charge in [-0.15, -0.1) is 0 Å². The minimum absolute atomic E-state index is 0.154. The van der Waals surface area contributed by atoms with Gasteiger partial charge in [0.05, 0.1) is 31.5 Å². The SMILES string of the molecule is CCCCCCCCOc1ccc(C(=O)O[C@H]2CC[C@@H](c3ccc(OCCCCCC)cc3)O[C@@H]2CO)cc1. The summed E-state index contributed by atoms with van der Waals surface area (Å²) in [5.41, 5.74) is 1.50. The number of benzene rings is 2. The van der Waals surface area contributed by atoms with Crippen LogP contribution >= 0.6 is 0 Å². The van der Waals surface area contributed by atoms with E-state index in [4.69, 9.17) is 18.9 Å². The van der Waals surface area contributed by atoms with Crippen molar-refractivity contribution in [3.8, 4) is 11.5 Å². The van der Waals surface area contributed by atoms with Crippen molar-refractivity contribution in [3.63, 3.8) is 0 Å². The average Bonchev–Trinajstić information content (AvgIpc) is 2.97. The molecule has 3 atom stereocenters. The second-order valence-electron chi connectivity index (χ2n) is 10.5. The van der Waals surface area contributed by atoms with Gasteiger partial charge in [0, 0.05) is 0 Å². The van der Waals surface area contributed by atoms with E-state index in [1.807, 2.05) is 36.4 Å². The van der Waals surface area contributed by atoms with Crippen molar-refractivity contribution in [2.75, 3.05) is 19.8 Å². The number of aliphatic hydroxyl groups is 1. The first kappa shape index (κ1) is 31.0. The number of hydrogen-bond acceptors (Lipinski definition) is 6. The highest BCUT2D eigenvalue weighted by Gasteiger charge is 2.34. The quantitative estimate of drug-likeness (QED) is 0.153. The Morgan fingerprint density at radius 1 is 0.769 bits per heavy atom. The Bertz CT molecular complexity index is 926. The molecule has 0 radical (unpaired) electrons. The van der Waals surface area contributed by atoms with E-state index in [1.54, 1.807) is 12.1 Å². The highest BCUT2D eigenvalue weighted by molar-refractivity contribution is 5.89. The maximum Gasteiger partial charge on any atom is 0.338 e. The molecule has 2 aromatic rings. The average molecular weight is 541 g/mol. The van der Waals surface area contributed by atoms with Crippen LogP contribution in [0.3, 0.4) is 0 Å². The molecule has 1 saturated heterocycles. The number of rotatable bonds is 18. The molecular formula is C33H48O6. The highest BCUT2D eigenvalue weighted by atomic mass is 16.6. The standard InChI is InChI=1S/C33H48O6/c1-3-5-7-9-10-12-24-37-29-19-15-27(16-20-29)33(35)39-31-22-21-30(38-32(31)25-34)26-13-17-28(18-14-26)36-23-11-8-6-4-2/h13-20,30-32,34H,3-12,21-25H2,1-2H3/t30-,31-,32+/m0/s1. The summed E-state index contributed by atoms with van der Waals surface area (Å²) in [7, 11) is 0. The largest absolute Gasteiger partial charge is 0.494 e. The summed E-state index contributed by atoms with van der Waals surface area (Å²) in [6, 6.07) is 15.1. The van der Waals surface area contributed by atoms with Crippen LogP contribution in [0, 0.1) is 0 Å². The van der Waals surface area contributed by atoms with Gasteiger partial charge in [0.1, 0.15) is 23.7 Å². The lowest BCUT2D eigenvalue weighted by Gasteiger charge is -2.35. The van der Waals surface area contributed by atoms with Crippen molar-refractivity contribution >= 4 is 5.97 Å². The number of aliphatic hydroxyl groups excluding tert-OH is 1. The fraction of sp³-hybridized carbons (Fsp3) is 0.606. The molecule has 1 heterocycles. The maximum atomic E-state index is 12.8. The van der Waals surface area contributed by atoms with Crippen LogP contribution in [0.15, 0.2) is 48.5 Å². The van der Waals surface area contributed by atoms with Gasteiger partial charge in [-0.3, -0.25) is 0 Å². The molecule has 0 bridgehead atoms. The Morgan fingerprint density at radius 2 is 1.31 bits per heavy atom. The smallest absolute Gasteiger partial charge is 0.338 e. The second-order valence-corrected chi connectivity index (χ2v) is 10.5. The molecule has 0 aliphatic carbocycles. The van der Waals surface area contributed by atoms with Gasteiger partial charge in [0.25, 0.3) is 0 Å². The Labute approximate surface area is 235 Å².